The van der Waals surface area contributed by atoms with Crippen LogP contribution in [0.15, 0.2) is 73.9 Å². The van der Waals surface area contributed by atoms with E-state index < -0.39 is 0 Å². The fraction of sp³-hybridized carbons (Fsp3) is 0.625. The van der Waals surface area contributed by atoms with Crippen molar-refractivity contribution in [3.63, 3.8) is 0 Å². The van der Waals surface area contributed by atoms with Crippen LogP contribution in [0.5, 0.6) is 0 Å². The summed E-state index contributed by atoms with van der Waals surface area (Å²) in [6.07, 6.45) is 36.6. The molecular formula is C32H48. The van der Waals surface area contributed by atoms with E-state index in [0.717, 1.165) is 47.3 Å². The van der Waals surface area contributed by atoms with Gasteiger partial charge in [-0.3, -0.25) is 0 Å². The lowest BCUT2D eigenvalue weighted by Gasteiger charge is -2.18. The smallest absolute Gasteiger partial charge is 0.0133 e. The molecule has 0 aromatic rings. The van der Waals surface area contributed by atoms with Gasteiger partial charge in [-0.15, -0.1) is 13.2 Å². The van der Waals surface area contributed by atoms with Crippen LogP contribution in [0.1, 0.15) is 78.1 Å². The Balaban J connectivity index is 0.000000153. The average molecular weight is 433 g/mol. The predicted octanol–water partition coefficient (Wildman–Crippen LogP) is 9.49. The summed E-state index contributed by atoms with van der Waals surface area (Å²) in [6.45, 7) is 12.0. The monoisotopic (exact) mass is 432 g/mol. The van der Waals surface area contributed by atoms with Gasteiger partial charge in [-0.1, -0.05) is 100 Å². The van der Waals surface area contributed by atoms with Crippen molar-refractivity contribution in [2.24, 2.45) is 47.3 Å². The van der Waals surface area contributed by atoms with Crippen LogP contribution >= 0.6 is 0 Å². The third kappa shape index (κ3) is 6.27. The van der Waals surface area contributed by atoms with E-state index in [-0.39, 0.29) is 0 Å². The molecule has 0 heterocycles. The first kappa shape index (κ1) is 25.1. The fourth-order valence-corrected chi connectivity index (χ4v) is 6.65. The van der Waals surface area contributed by atoms with Gasteiger partial charge in [0.2, 0.25) is 0 Å². The molecule has 32 heavy (non-hydrogen) atoms. The number of fused-ring (bicyclic) bond motifs is 6. The van der Waals surface area contributed by atoms with Gasteiger partial charge in [-0.2, -0.15) is 0 Å². The minimum atomic E-state index is 0.751. The van der Waals surface area contributed by atoms with Crippen LogP contribution in [0.2, 0.25) is 0 Å². The Kier molecular flexibility index (Phi) is 10.4. The highest BCUT2D eigenvalue weighted by Gasteiger charge is 2.44. The summed E-state index contributed by atoms with van der Waals surface area (Å²) in [4.78, 5) is 0. The van der Waals surface area contributed by atoms with Crippen molar-refractivity contribution in [2.75, 3.05) is 0 Å². The third-order valence-electron chi connectivity index (χ3n) is 8.48. The molecule has 8 unspecified atom stereocenters. The molecule has 0 aromatic heterocycles. The van der Waals surface area contributed by atoms with Gasteiger partial charge >= 0.3 is 0 Å². The molecule has 2 saturated carbocycles. The maximum absolute atomic E-state index is 4.00. The maximum Gasteiger partial charge on any atom is -0.0133 e. The van der Waals surface area contributed by atoms with Gasteiger partial charge < -0.3 is 0 Å². The second-order valence-corrected chi connectivity index (χ2v) is 10.6. The highest BCUT2D eigenvalue weighted by atomic mass is 14.5. The van der Waals surface area contributed by atoms with E-state index in [1.165, 1.54) is 64.2 Å². The lowest BCUT2D eigenvalue weighted by molar-refractivity contribution is 0.398. The first-order valence-electron chi connectivity index (χ1n) is 13.6. The second-order valence-electron chi connectivity index (χ2n) is 10.6. The molecule has 0 nitrogen and oxygen atoms in total. The zero-order valence-electron chi connectivity index (χ0n) is 20.9. The summed E-state index contributed by atoms with van der Waals surface area (Å²) in [7, 11) is 0. The number of hydrogen-bond donors (Lipinski definition) is 0. The number of unbranched alkanes of at least 4 members (excludes halogenated alkanes) is 4. The van der Waals surface area contributed by atoms with Gasteiger partial charge in [-0.25, -0.2) is 0 Å². The van der Waals surface area contributed by atoms with Crippen molar-refractivity contribution < 1.29 is 0 Å². The first-order valence-corrected chi connectivity index (χ1v) is 13.6. The zero-order valence-corrected chi connectivity index (χ0v) is 20.9. The van der Waals surface area contributed by atoms with Crippen LogP contribution in [0.3, 0.4) is 0 Å². The lowest BCUT2D eigenvalue weighted by Crippen LogP contribution is -2.12. The van der Waals surface area contributed by atoms with E-state index in [4.69, 9.17) is 0 Å². The summed E-state index contributed by atoms with van der Waals surface area (Å²) in [5.74, 6) is 7.02. The Morgan fingerprint density at radius 2 is 1.44 bits per heavy atom. The highest BCUT2D eigenvalue weighted by molar-refractivity contribution is 5.21. The topological polar surface area (TPSA) is 0 Å². The van der Waals surface area contributed by atoms with E-state index in [1.54, 1.807) is 0 Å². The molecule has 5 rings (SSSR count). The van der Waals surface area contributed by atoms with Gasteiger partial charge in [0.25, 0.3) is 0 Å². The van der Waals surface area contributed by atoms with Crippen molar-refractivity contribution >= 4 is 0 Å². The highest BCUT2D eigenvalue weighted by Crippen LogP contribution is 2.52. The zero-order chi connectivity index (χ0) is 22.8. The van der Waals surface area contributed by atoms with Crippen LogP contribution in [-0.2, 0) is 0 Å². The molecule has 0 spiro atoms. The Morgan fingerprint density at radius 3 is 2.09 bits per heavy atom. The summed E-state index contributed by atoms with van der Waals surface area (Å²) < 4.78 is 0. The Morgan fingerprint density at radius 1 is 0.750 bits per heavy atom. The molecule has 0 saturated heterocycles. The Bertz CT molecular complexity index is 689. The van der Waals surface area contributed by atoms with E-state index in [0.29, 0.717) is 0 Å². The normalized spacial score (nSPS) is 37.1. The number of hydrogen-bond acceptors (Lipinski definition) is 0. The SMILES string of the molecule is C1=CC2C3C=CC(C3)C2C1.C=CC1CC(/C=C/CCCC)C2C=CCC12.C=CCCCC. The molecular weight excluding hydrogens is 384 g/mol. The molecule has 8 atom stereocenters. The molecule has 0 aromatic carbocycles. The van der Waals surface area contributed by atoms with E-state index in [2.05, 4.69) is 81.7 Å². The molecule has 176 valence electrons. The third-order valence-corrected chi connectivity index (χ3v) is 8.48. The van der Waals surface area contributed by atoms with E-state index in [1.807, 2.05) is 6.08 Å². The van der Waals surface area contributed by atoms with Crippen LogP contribution in [-0.4, -0.2) is 0 Å². The van der Waals surface area contributed by atoms with Crippen molar-refractivity contribution in [1.82, 2.24) is 0 Å². The van der Waals surface area contributed by atoms with Crippen LogP contribution in [0.25, 0.3) is 0 Å². The van der Waals surface area contributed by atoms with Gasteiger partial charge in [0.05, 0.1) is 0 Å². The summed E-state index contributed by atoms with van der Waals surface area (Å²) in [5, 5.41) is 0. The van der Waals surface area contributed by atoms with Crippen LogP contribution < -0.4 is 0 Å². The van der Waals surface area contributed by atoms with E-state index >= 15 is 0 Å². The quantitative estimate of drug-likeness (QED) is 0.264. The minimum absolute atomic E-state index is 0.751. The van der Waals surface area contributed by atoms with Gasteiger partial charge in [0.15, 0.2) is 0 Å². The van der Waals surface area contributed by atoms with Crippen LogP contribution in [0, 0.1) is 47.3 Å². The molecule has 5 aliphatic carbocycles. The molecule has 0 radical (unpaired) electrons. The van der Waals surface area contributed by atoms with Gasteiger partial charge in [0, 0.05) is 0 Å². The minimum Gasteiger partial charge on any atom is -0.103 e. The van der Waals surface area contributed by atoms with E-state index in [9.17, 15) is 0 Å². The molecule has 0 heteroatoms. The van der Waals surface area contributed by atoms with Crippen molar-refractivity contribution in [1.29, 1.82) is 0 Å². The lowest BCUT2D eigenvalue weighted by atomic mass is 9.86. The predicted molar refractivity (Wildman–Crippen MR) is 142 cm³/mol. The summed E-state index contributed by atoms with van der Waals surface area (Å²) in [5.41, 5.74) is 0. The molecule has 0 amide bonds. The summed E-state index contributed by atoms with van der Waals surface area (Å²) in [6, 6.07) is 0. The fourth-order valence-electron chi connectivity index (χ4n) is 6.65. The van der Waals surface area contributed by atoms with Crippen molar-refractivity contribution in [2.45, 2.75) is 78.1 Å². The Hall–Kier alpha value is -1.56. The van der Waals surface area contributed by atoms with Crippen molar-refractivity contribution in [3.05, 3.63) is 73.9 Å². The molecule has 0 N–H and O–H groups in total. The summed E-state index contributed by atoms with van der Waals surface area (Å²) >= 11 is 0. The molecule has 2 bridgehead atoms. The standard InChI is InChI=1S/C16H24.C10H12.C6H12/c1-3-5-6-7-9-14-12-13(4-2)15-10-8-11-16(14)15;1-2-9-7-4-5-8(6-7)10(9)3-1;1-3-5-6-4-2/h4,7-9,11,13-16H,2-3,5-6,10,12H2,1H3;1-2,4-5,7-10H,3,6H2;3H,1,4-6H2,2H3/b9-7+;;. The Labute approximate surface area is 199 Å². The average Bonchev–Trinajstić information content (AvgIpc) is 3.62. The largest absolute Gasteiger partial charge is 0.103 e. The van der Waals surface area contributed by atoms with Gasteiger partial charge in [0.1, 0.15) is 0 Å². The molecule has 0 aliphatic heterocycles. The van der Waals surface area contributed by atoms with Crippen LogP contribution in [0.4, 0.5) is 0 Å². The molecule has 5 aliphatic rings. The maximum atomic E-state index is 4.00. The first-order chi connectivity index (χ1) is 15.7. The van der Waals surface area contributed by atoms with Crippen molar-refractivity contribution in [3.8, 4) is 0 Å². The van der Waals surface area contributed by atoms with Gasteiger partial charge in [-0.05, 0) is 85.9 Å². The number of rotatable bonds is 8. The molecule has 2 fully saturated rings. The second kappa shape index (κ2) is 13.2. The number of allylic oxidation sites excluding steroid dienone is 10.